The van der Waals surface area contributed by atoms with Gasteiger partial charge < -0.3 is 18.9 Å². The van der Waals surface area contributed by atoms with Gasteiger partial charge >= 0.3 is 0 Å². The van der Waals surface area contributed by atoms with Gasteiger partial charge in [0.15, 0.2) is 0 Å². The average molecular weight is 532 g/mol. The summed E-state index contributed by atoms with van der Waals surface area (Å²) in [5.41, 5.74) is 2.66. The van der Waals surface area contributed by atoms with Crippen LogP contribution in [0.5, 0.6) is 11.5 Å². The van der Waals surface area contributed by atoms with Crippen LogP contribution < -0.4 is 19.9 Å². The Bertz CT molecular complexity index is 1510. The van der Waals surface area contributed by atoms with Gasteiger partial charge in [0.1, 0.15) is 41.1 Å². The highest BCUT2D eigenvalue weighted by atomic mass is 19.1. The molecule has 0 amide bonds. The first-order valence-corrected chi connectivity index (χ1v) is 13.9. The Kier molecular flexibility index (Phi) is 6.67. The molecule has 1 aromatic carbocycles. The van der Waals surface area contributed by atoms with Gasteiger partial charge in [-0.05, 0) is 50.3 Å². The van der Waals surface area contributed by atoms with Gasteiger partial charge in [-0.2, -0.15) is 5.26 Å². The highest BCUT2D eigenvalue weighted by Gasteiger charge is 2.42. The molecule has 4 heterocycles. The monoisotopic (exact) mass is 531 g/mol. The van der Waals surface area contributed by atoms with E-state index in [1.807, 2.05) is 12.1 Å². The van der Waals surface area contributed by atoms with Gasteiger partial charge in [-0.1, -0.05) is 19.4 Å². The number of aryl methyl sites for hydroxylation is 1. The number of piperazine rings is 1. The van der Waals surface area contributed by atoms with Crippen LogP contribution in [0.25, 0.3) is 11.0 Å². The first kappa shape index (κ1) is 25.6. The molecule has 39 heavy (non-hydrogen) atoms. The lowest BCUT2D eigenvalue weighted by atomic mass is 9.95. The van der Waals surface area contributed by atoms with Gasteiger partial charge in [0, 0.05) is 43.9 Å². The van der Waals surface area contributed by atoms with Gasteiger partial charge in [-0.25, -0.2) is 9.37 Å². The van der Waals surface area contributed by atoms with E-state index >= 15 is 4.39 Å². The van der Waals surface area contributed by atoms with Crippen molar-refractivity contribution in [2.24, 2.45) is 13.0 Å². The zero-order valence-corrected chi connectivity index (χ0v) is 22.7. The number of rotatable bonds is 7. The Labute approximate surface area is 227 Å². The van der Waals surface area contributed by atoms with Crippen LogP contribution in [-0.4, -0.2) is 52.8 Å². The van der Waals surface area contributed by atoms with Crippen LogP contribution in [0.15, 0.2) is 35.1 Å². The standard InChI is InChI=1S/C30H34FN5O3/c1-4-5-21-14-36-22(15-35(21)18(2)24-10-9-23(12-25(24)31)38-16-19-6-7-19)17-39-29-28(36)27-26(34(3)30(29)37)11-8-20(13-32)33-27/h8-12,18-19,21-22H,4-7,14-17H2,1-3H3/t18?,21-,22+/m1/s1. The third-order valence-corrected chi connectivity index (χ3v) is 8.46. The number of ether oxygens (including phenoxy) is 2. The molecule has 0 spiro atoms. The smallest absolute Gasteiger partial charge is 0.295 e. The van der Waals surface area contributed by atoms with Gasteiger partial charge in [-0.15, -0.1) is 0 Å². The van der Waals surface area contributed by atoms with E-state index in [-0.39, 0.29) is 35.3 Å². The highest BCUT2D eigenvalue weighted by Crippen LogP contribution is 2.41. The molecule has 0 radical (unpaired) electrons. The van der Waals surface area contributed by atoms with Crippen molar-refractivity contribution in [3.63, 3.8) is 0 Å². The maximum absolute atomic E-state index is 15.4. The normalized spacial score (nSPS) is 21.6. The quantitative estimate of drug-likeness (QED) is 0.442. The molecule has 8 nitrogen and oxygen atoms in total. The summed E-state index contributed by atoms with van der Waals surface area (Å²) < 4.78 is 28.8. The molecule has 204 valence electrons. The summed E-state index contributed by atoms with van der Waals surface area (Å²) in [6, 6.07) is 10.7. The molecular weight excluding hydrogens is 497 g/mol. The second-order valence-electron chi connectivity index (χ2n) is 11.1. The summed E-state index contributed by atoms with van der Waals surface area (Å²) in [6.07, 6.45) is 4.28. The average Bonchev–Trinajstić information content (AvgIpc) is 3.78. The fraction of sp³-hybridized carbons (Fsp3) is 0.500. The van der Waals surface area contributed by atoms with Crippen molar-refractivity contribution < 1.29 is 13.9 Å². The molecule has 9 heteroatoms. The second-order valence-corrected chi connectivity index (χ2v) is 11.1. The molecule has 1 aliphatic carbocycles. The van der Waals surface area contributed by atoms with Crippen LogP contribution >= 0.6 is 0 Å². The fourth-order valence-electron chi connectivity index (χ4n) is 6.07. The number of fused-ring (bicyclic) bond motifs is 5. The molecule has 3 atom stereocenters. The Hall–Kier alpha value is -3.64. The lowest BCUT2D eigenvalue weighted by Crippen LogP contribution is -2.62. The minimum Gasteiger partial charge on any atom is -0.493 e. The van der Waals surface area contributed by atoms with Crippen molar-refractivity contribution in [1.82, 2.24) is 14.5 Å². The van der Waals surface area contributed by atoms with Gasteiger partial charge in [0.05, 0.1) is 18.2 Å². The van der Waals surface area contributed by atoms with E-state index < -0.39 is 0 Å². The fourth-order valence-corrected chi connectivity index (χ4v) is 6.07. The lowest BCUT2D eigenvalue weighted by molar-refractivity contribution is 0.0768. The number of halogens is 1. The minimum absolute atomic E-state index is 0.0416. The first-order chi connectivity index (χ1) is 18.9. The molecule has 1 unspecified atom stereocenters. The second kappa shape index (κ2) is 10.2. The number of pyridine rings is 2. The molecule has 1 saturated carbocycles. The van der Waals surface area contributed by atoms with Crippen LogP contribution in [0, 0.1) is 23.1 Å². The molecule has 6 rings (SSSR count). The zero-order valence-electron chi connectivity index (χ0n) is 22.7. The van der Waals surface area contributed by atoms with Crippen molar-refractivity contribution >= 4 is 16.7 Å². The van der Waals surface area contributed by atoms with Gasteiger partial charge in [-0.3, -0.25) is 9.69 Å². The number of aromatic nitrogens is 2. The number of nitrogens with zero attached hydrogens (tertiary/aromatic N) is 5. The lowest BCUT2D eigenvalue weighted by Gasteiger charge is -2.51. The van der Waals surface area contributed by atoms with E-state index in [0.717, 1.165) is 12.8 Å². The third-order valence-electron chi connectivity index (χ3n) is 8.46. The van der Waals surface area contributed by atoms with E-state index in [0.29, 0.717) is 65.9 Å². The number of hydrogen-bond acceptors (Lipinski definition) is 7. The van der Waals surface area contributed by atoms with E-state index in [2.05, 4.69) is 34.7 Å². The summed E-state index contributed by atoms with van der Waals surface area (Å²) in [7, 11) is 1.70. The summed E-state index contributed by atoms with van der Waals surface area (Å²) in [6.45, 7) is 6.53. The highest BCUT2D eigenvalue weighted by molar-refractivity contribution is 5.93. The van der Waals surface area contributed by atoms with Crippen molar-refractivity contribution in [2.45, 2.75) is 57.7 Å². The Morgan fingerprint density at radius 3 is 2.79 bits per heavy atom. The van der Waals surface area contributed by atoms with Crippen LogP contribution in [0.1, 0.15) is 56.8 Å². The van der Waals surface area contributed by atoms with Crippen molar-refractivity contribution in [1.29, 1.82) is 5.26 Å². The molecule has 3 aliphatic rings. The van der Waals surface area contributed by atoms with Crippen LogP contribution in [0.4, 0.5) is 10.1 Å². The number of benzene rings is 1. The maximum atomic E-state index is 15.4. The Balaban J connectivity index is 1.33. The topological polar surface area (TPSA) is 83.6 Å². The first-order valence-electron chi connectivity index (χ1n) is 13.9. The molecule has 0 bridgehead atoms. The number of hydrogen-bond donors (Lipinski definition) is 0. The summed E-state index contributed by atoms with van der Waals surface area (Å²) in [4.78, 5) is 22.5. The van der Waals surface area contributed by atoms with Gasteiger partial charge in [0.2, 0.25) is 5.75 Å². The summed E-state index contributed by atoms with van der Waals surface area (Å²) >= 11 is 0. The van der Waals surface area contributed by atoms with E-state index in [9.17, 15) is 10.1 Å². The van der Waals surface area contributed by atoms with Crippen molar-refractivity contribution in [2.75, 3.05) is 31.2 Å². The maximum Gasteiger partial charge on any atom is 0.295 e. The van der Waals surface area contributed by atoms with Crippen LogP contribution in [0.3, 0.4) is 0 Å². The molecule has 2 aliphatic heterocycles. The zero-order chi connectivity index (χ0) is 27.3. The summed E-state index contributed by atoms with van der Waals surface area (Å²) in [5.74, 6) is 1.23. The largest absolute Gasteiger partial charge is 0.493 e. The molecule has 1 saturated heterocycles. The van der Waals surface area contributed by atoms with E-state index in [1.54, 1.807) is 19.2 Å². The van der Waals surface area contributed by atoms with E-state index in [4.69, 9.17) is 9.47 Å². The minimum atomic E-state index is -0.249. The number of anilines is 1. The third kappa shape index (κ3) is 4.61. The Morgan fingerprint density at radius 2 is 2.08 bits per heavy atom. The predicted molar refractivity (Wildman–Crippen MR) is 147 cm³/mol. The molecule has 3 aromatic rings. The van der Waals surface area contributed by atoms with E-state index in [1.165, 1.54) is 23.5 Å². The Morgan fingerprint density at radius 1 is 1.26 bits per heavy atom. The predicted octanol–water partition coefficient (Wildman–Crippen LogP) is 4.55. The SMILES string of the molecule is CCC[C@@H]1CN2c3c(c(=O)n(C)c4ccc(C#N)nc34)OC[C@@H]2CN1C(C)c1ccc(OCC2CC2)cc1F. The molecule has 2 fully saturated rings. The molecule has 0 N–H and O–H groups in total. The van der Waals surface area contributed by atoms with Crippen LogP contribution in [0.2, 0.25) is 0 Å². The number of nitriles is 1. The van der Waals surface area contributed by atoms with Crippen molar-refractivity contribution in [3.8, 4) is 17.6 Å². The van der Waals surface area contributed by atoms with Crippen LogP contribution in [-0.2, 0) is 7.05 Å². The molecule has 2 aromatic heterocycles. The molecular formula is C30H34FN5O3. The van der Waals surface area contributed by atoms with Crippen molar-refractivity contribution in [3.05, 3.63) is 57.8 Å². The summed E-state index contributed by atoms with van der Waals surface area (Å²) in [5, 5.41) is 9.50. The van der Waals surface area contributed by atoms with Gasteiger partial charge in [0.25, 0.3) is 5.56 Å².